The van der Waals surface area contributed by atoms with Gasteiger partial charge in [0.05, 0.1) is 5.69 Å². The van der Waals surface area contributed by atoms with Crippen molar-refractivity contribution in [2.45, 2.75) is 25.8 Å². The summed E-state index contributed by atoms with van der Waals surface area (Å²) < 4.78 is 2.11. The highest BCUT2D eigenvalue weighted by molar-refractivity contribution is 6.30. The summed E-state index contributed by atoms with van der Waals surface area (Å²) in [5.41, 5.74) is 4.32. The molecule has 24 heavy (non-hydrogen) atoms. The van der Waals surface area contributed by atoms with Gasteiger partial charge in [0.1, 0.15) is 5.65 Å². The van der Waals surface area contributed by atoms with E-state index < -0.39 is 0 Å². The Balaban J connectivity index is 1.45. The summed E-state index contributed by atoms with van der Waals surface area (Å²) >= 11 is 5.89. The molecule has 0 bridgehead atoms. The molecule has 4 nitrogen and oxygen atoms in total. The van der Waals surface area contributed by atoms with Crippen molar-refractivity contribution in [2.24, 2.45) is 5.92 Å². The highest BCUT2D eigenvalue weighted by atomic mass is 35.5. The fourth-order valence-electron chi connectivity index (χ4n) is 3.32. The van der Waals surface area contributed by atoms with Gasteiger partial charge >= 0.3 is 0 Å². The number of benzene rings is 1. The quantitative estimate of drug-likeness (QED) is 0.795. The van der Waals surface area contributed by atoms with E-state index in [2.05, 4.69) is 14.7 Å². The number of hydrogen-bond acceptors (Lipinski definition) is 2. The maximum atomic E-state index is 12.5. The number of pyridine rings is 1. The summed E-state index contributed by atoms with van der Waals surface area (Å²) in [5.74, 6) is 0.117. The third kappa shape index (κ3) is 2.89. The van der Waals surface area contributed by atoms with Gasteiger partial charge in [-0.05, 0) is 42.7 Å². The van der Waals surface area contributed by atoms with Crippen LogP contribution in [-0.4, -0.2) is 15.3 Å². The molecular weight excluding hydrogens is 322 g/mol. The number of nitrogens with zero attached hydrogens (tertiary/aromatic N) is 2. The number of imidazole rings is 1. The molecule has 1 aliphatic carbocycles. The first kappa shape index (κ1) is 15.2. The fraction of sp³-hybridized carbons (Fsp3) is 0.263. The predicted octanol–water partition coefficient (Wildman–Crippen LogP) is 3.41. The van der Waals surface area contributed by atoms with Crippen molar-refractivity contribution in [1.29, 1.82) is 0 Å². The number of aromatic nitrogens is 2. The van der Waals surface area contributed by atoms with Crippen LogP contribution in [0.1, 0.15) is 23.4 Å². The van der Waals surface area contributed by atoms with Gasteiger partial charge in [0.15, 0.2) is 0 Å². The highest BCUT2D eigenvalue weighted by Crippen LogP contribution is 2.26. The number of aryl methyl sites for hydroxylation is 1. The van der Waals surface area contributed by atoms with Crippen LogP contribution in [0.15, 0.2) is 48.7 Å². The topological polar surface area (TPSA) is 46.4 Å². The molecule has 1 aliphatic rings. The predicted molar refractivity (Wildman–Crippen MR) is 94.0 cm³/mol. The summed E-state index contributed by atoms with van der Waals surface area (Å²) in [6.45, 7) is 0.534. The average molecular weight is 340 g/mol. The molecule has 0 spiro atoms. The minimum Gasteiger partial charge on any atom is -0.352 e. The molecule has 1 aromatic carbocycles. The second-order valence-electron chi connectivity index (χ2n) is 6.22. The first-order chi connectivity index (χ1) is 11.7. The number of amides is 1. The van der Waals surface area contributed by atoms with Crippen LogP contribution in [0.25, 0.3) is 5.65 Å². The Kier molecular flexibility index (Phi) is 3.98. The molecule has 1 amide bonds. The van der Waals surface area contributed by atoms with E-state index in [-0.39, 0.29) is 11.8 Å². The summed E-state index contributed by atoms with van der Waals surface area (Å²) in [6.07, 6.45) is 4.47. The van der Waals surface area contributed by atoms with Gasteiger partial charge in [0, 0.05) is 35.8 Å². The molecule has 0 aliphatic heterocycles. The Bertz CT molecular complexity index is 885. The van der Waals surface area contributed by atoms with E-state index in [0.29, 0.717) is 11.6 Å². The zero-order valence-corrected chi connectivity index (χ0v) is 14.0. The van der Waals surface area contributed by atoms with Crippen LogP contribution in [0.2, 0.25) is 5.02 Å². The smallest absolute Gasteiger partial charge is 0.223 e. The molecule has 3 aromatic rings. The number of hydrogen-bond donors (Lipinski definition) is 1. The summed E-state index contributed by atoms with van der Waals surface area (Å²) in [6, 6.07) is 13.6. The lowest BCUT2D eigenvalue weighted by Crippen LogP contribution is -2.34. The van der Waals surface area contributed by atoms with Gasteiger partial charge in [-0.25, -0.2) is 4.98 Å². The highest BCUT2D eigenvalue weighted by Gasteiger charge is 2.27. The largest absolute Gasteiger partial charge is 0.352 e. The number of fused-ring (bicyclic) bond motifs is 3. The Morgan fingerprint density at radius 1 is 1.25 bits per heavy atom. The zero-order chi connectivity index (χ0) is 16.5. The van der Waals surface area contributed by atoms with Gasteiger partial charge in [0.2, 0.25) is 5.91 Å². The van der Waals surface area contributed by atoms with Gasteiger partial charge in [-0.3, -0.25) is 4.79 Å². The SMILES string of the molecule is O=C(NCc1ccc(Cl)cc1)C1CCc2nc3ccccn3c2C1. The van der Waals surface area contributed by atoms with Crippen LogP contribution in [0.5, 0.6) is 0 Å². The van der Waals surface area contributed by atoms with Crippen molar-refractivity contribution in [3.05, 3.63) is 70.6 Å². The maximum Gasteiger partial charge on any atom is 0.223 e. The number of rotatable bonds is 3. The Morgan fingerprint density at radius 3 is 2.92 bits per heavy atom. The first-order valence-electron chi connectivity index (χ1n) is 8.18. The zero-order valence-electron chi connectivity index (χ0n) is 13.2. The fourth-order valence-corrected chi connectivity index (χ4v) is 3.44. The van der Waals surface area contributed by atoms with E-state index in [4.69, 9.17) is 11.6 Å². The van der Waals surface area contributed by atoms with Gasteiger partial charge < -0.3 is 9.72 Å². The standard InChI is InChI=1S/C19H18ClN3O/c20-15-7-4-13(5-8-15)12-21-19(24)14-6-9-16-17(11-14)23-10-2-1-3-18(23)22-16/h1-5,7-8,10,14H,6,9,11-12H2,(H,21,24). The van der Waals surface area contributed by atoms with Crippen molar-refractivity contribution in [1.82, 2.24) is 14.7 Å². The van der Waals surface area contributed by atoms with E-state index in [1.54, 1.807) is 0 Å². The van der Waals surface area contributed by atoms with Crippen molar-refractivity contribution < 1.29 is 4.79 Å². The van der Waals surface area contributed by atoms with Crippen LogP contribution >= 0.6 is 11.6 Å². The Hall–Kier alpha value is -2.33. The van der Waals surface area contributed by atoms with Gasteiger partial charge in [0.25, 0.3) is 0 Å². The molecule has 2 aromatic heterocycles. The maximum absolute atomic E-state index is 12.5. The second-order valence-corrected chi connectivity index (χ2v) is 6.65. The van der Waals surface area contributed by atoms with Crippen LogP contribution in [0.4, 0.5) is 0 Å². The molecule has 0 saturated heterocycles. The van der Waals surface area contributed by atoms with E-state index in [1.165, 1.54) is 5.69 Å². The lowest BCUT2D eigenvalue weighted by atomic mass is 9.89. The third-order valence-corrected chi connectivity index (χ3v) is 4.88. The van der Waals surface area contributed by atoms with Gasteiger partial charge in [-0.15, -0.1) is 0 Å². The average Bonchev–Trinajstić information content (AvgIpc) is 2.99. The number of halogens is 1. The normalized spacial score (nSPS) is 16.8. The molecule has 2 heterocycles. The second kappa shape index (κ2) is 6.29. The van der Waals surface area contributed by atoms with Crippen LogP contribution < -0.4 is 5.32 Å². The Labute approximate surface area is 145 Å². The lowest BCUT2D eigenvalue weighted by Gasteiger charge is -2.21. The minimum atomic E-state index is 0.00454. The minimum absolute atomic E-state index is 0.00454. The van der Waals surface area contributed by atoms with Crippen molar-refractivity contribution >= 4 is 23.2 Å². The summed E-state index contributed by atoms with van der Waals surface area (Å²) in [7, 11) is 0. The molecule has 4 rings (SSSR count). The van der Waals surface area contributed by atoms with E-state index in [1.807, 2.05) is 48.7 Å². The van der Waals surface area contributed by atoms with Crippen molar-refractivity contribution in [3.8, 4) is 0 Å². The molecule has 0 fully saturated rings. The van der Waals surface area contributed by atoms with E-state index in [9.17, 15) is 4.79 Å². The molecule has 0 saturated carbocycles. The van der Waals surface area contributed by atoms with Crippen LogP contribution in [-0.2, 0) is 24.2 Å². The number of carbonyl (C=O) groups is 1. The van der Waals surface area contributed by atoms with Gasteiger partial charge in [-0.1, -0.05) is 29.8 Å². The monoisotopic (exact) mass is 339 g/mol. The van der Waals surface area contributed by atoms with E-state index in [0.717, 1.165) is 36.2 Å². The first-order valence-corrected chi connectivity index (χ1v) is 8.55. The molecule has 122 valence electrons. The Morgan fingerprint density at radius 2 is 2.08 bits per heavy atom. The molecule has 1 unspecified atom stereocenters. The summed E-state index contributed by atoms with van der Waals surface area (Å²) in [5, 5.41) is 3.75. The van der Waals surface area contributed by atoms with Gasteiger partial charge in [-0.2, -0.15) is 0 Å². The molecule has 0 radical (unpaired) electrons. The number of nitrogens with one attached hydrogen (secondary N) is 1. The van der Waals surface area contributed by atoms with E-state index >= 15 is 0 Å². The molecule has 5 heteroatoms. The third-order valence-electron chi connectivity index (χ3n) is 4.63. The molecule has 1 N–H and O–H groups in total. The molecular formula is C19H18ClN3O. The van der Waals surface area contributed by atoms with Crippen molar-refractivity contribution in [2.75, 3.05) is 0 Å². The lowest BCUT2D eigenvalue weighted by molar-refractivity contribution is -0.125. The molecule has 1 atom stereocenters. The van der Waals surface area contributed by atoms with Crippen molar-refractivity contribution in [3.63, 3.8) is 0 Å². The number of carbonyl (C=O) groups excluding carboxylic acids is 1. The van der Waals surface area contributed by atoms with Crippen LogP contribution in [0, 0.1) is 5.92 Å². The van der Waals surface area contributed by atoms with Crippen LogP contribution in [0.3, 0.4) is 0 Å². The summed E-state index contributed by atoms with van der Waals surface area (Å²) in [4.78, 5) is 17.2.